The van der Waals surface area contributed by atoms with Crippen LogP contribution in [-0.2, 0) is 16.4 Å². The second-order valence-electron chi connectivity index (χ2n) is 6.45. The second kappa shape index (κ2) is 6.75. The van der Waals surface area contributed by atoms with E-state index in [0.717, 1.165) is 49.1 Å². The molecule has 4 nitrogen and oxygen atoms in total. The number of hydrogen-bond donors (Lipinski definition) is 0. The lowest BCUT2D eigenvalue weighted by atomic mass is 10.00. The van der Waals surface area contributed by atoms with Gasteiger partial charge in [0, 0.05) is 24.7 Å². The number of pyridine rings is 1. The molecule has 0 N–H and O–H groups in total. The van der Waals surface area contributed by atoms with Gasteiger partial charge in [0.05, 0.1) is 22.0 Å². The minimum atomic E-state index is -2.91. The molecule has 0 unspecified atom stereocenters. The van der Waals surface area contributed by atoms with Crippen molar-refractivity contribution in [1.29, 1.82) is 0 Å². The van der Waals surface area contributed by atoms with Gasteiger partial charge in [0.15, 0.2) is 0 Å². The van der Waals surface area contributed by atoms with E-state index in [2.05, 4.69) is 9.88 Å². The third-order valence-corrected chi connectivity index (χ3v) is 5.64. The Labute approximate surface area is 142 Å². The van der Waals surface area contributed by atoms with Crippen LogP contribution in [-0.4, -0.2) is 43.4 Å². The summed E-state index contributed by atoms with van der Waals surface area (Å²) in [5.41, 5.74) is 1.81. The third kappa shape index (κ3) is 4.43. The van der Waals surface area contributed by atoms with E-state index < -0.39 is 9.84 Å². The fraction of sp³-hybridized carbons (Fsp3) is 0.471. The summed E-state index contributed by atoms with van der Waals surface area (Å²) in [6, 6.07) is 9.84. The van der Waals surface area contributed by atoms with Crippen LogP contribution in [0.2, 0.25) is 5.02 Å². The van der Waals surface area contributed by atoms with Crippen LogP contribution in [0.1, 0.15) is 18.5 Å². The Morgan fingerprint density at radius 2 is 2.13 bits per heavy atom. The predicted octanol–water partition coefficient (Wildman–Crippen LogP) is 3.14. The van der Waals surface area contributed by atoms with Crippen molar-refractivity contribution in [1.82, 2.24) is 9.88 Å². The van der Waals surface area contributed by atoms with Gasteiger partial charge in [-0.2, -0.15) is 0 Å². The van der Waals surface area contributed by atoms with Crippen LogP contribution in [0.5, 0.6) is 0 Å². The van der Waals surface area contributed by atoms with E-state index in [1.807, 2.05) is 30.3 Å². The molecule has 0 bridgehead atoms. The molecule has 2 aromatic rings. The van der Waals surface area contributed by atoms with Gasteiger partial charge < -0.3 is 0 Å². The Morgan fingerprint density at radius 3 is 2.91 bits per heavy atom. The van der Waals surface area contributed by atoms with Crippen molar-refractivity contribution >= 4 is 32.3 Å². The van der Waals surface area contributed by atoms with Crippen LogP contribution in [0, 0.1) is 5.92 Å². The van der Waals surface area contributed by atoms with E-state index in [0.29, 0.717) is 5.02 Å². The molecule has 1 atom stereocenters. The van der Waals surface area contributed by atoms with Gasteiger partial charge in [0.2, 0.25) is 0 Å². The summed E-state index contributed by atoms with van der Waals surface area (Å²) in [4.78, 5) is 6.97. The number of halogens is 1. The van der Waals surface area contributed by atoms with Crippen LogP contribution < -0.4 is 0 Å². The van der Waals surface area contributed by atoms with E-state index in [4.69, 9.17) is 11.6 Å². The molecule has 1 aliphatic rings. The molecular formula is C17H21ClN2O2S. The zero-order valence-electron chi connectivity index (χ0n) is 13.2. The van der Waals surface area contributed by atoms with Gasteiger partial charge in [0.25, 0.3) is 0 Å². The first-order chi connectivity index (χ1) is 10.9. The van der Waals surface area contributed by atoms with E-state index in [-0.39, 0.29) is 11.7 Å². The van der Waals surface area contributed by atoms with Crippen molar-refractivity contribution in [2.75, 3.05) is 25.1 Å². The molecule has 1 fully saturated rings. The molecule has 1 aromatic carbocycles. The lowest BCUT2D eigenvalue weighted by molar-refractivity contribution is 0.176. The number of benzene rings is 1. The molecular weight excluding hydrogens is 332 g/mol. The van der Waals surface area contributed by atoms with Crippen LogP contribution in [0.3, 0.4) is 0 Å². The van der Waals surface area contributed by atoms with Gasteiger partial charge in [-0.15, -0.1) is 0 Å². The van der Waals surface area contributed by atoms with Crippen molar-refractivity contribution in [3.8, 4) is 0 Å². The van der Waals surface area contributed by atoms with Gasteiger partial charge >= 0.3 is 0 Å². The number of sulfone groups is 1. The lowest BCUT2D eigenvalue weighted by Gasteiger charge is -2.32. The Balaban J connectivity index is 1.72. The summed E-state index contributed by atoms with van der Waals surface area (Å²) in [5, 5.41) is 1.70. The van der Waals surface area contributed by atoms with Crippen LogP contribution in [0.25, 0.3) is 10.9 Å². The zero-order valence-corrected chi connectivity index (χ0v) is 14.8. The number of likely N-dealkylation sites (tertiary alicyclic amines) is 1. The minimum Gasteiger partial charge on any atom is -0.297 e. The molecule has 3 rings (SSSR count). The van der Waals surface area contributed by atoms with Crippen LogP contribution in [0.15, 0.2) is 30.3 Å². The number of fused-ring (bicyclic) bond motifs is 1. The van der Waals surface area contributed by atoms with E-state index in [1.165, 1.54) is 6.26 Å². The highest BCUT2D eigenvalue weighted by atomic mass is 35.5. The number of rotatable bonds is 4. The maximum Gasteiger partial charge on any atom is 0.147 e. The normalized spacial score (nSPS) is 20.0. The van der Waals surface area contributed by atoms with Crippen LogP contribution in [0.4, 0.5) is 0 Å². The van der Waals surface area contributed by atoms with Crippen LogP contribution >= 0.6 is 11.6 Å². The van der Waals surface area contributed by atoms with Gasteiger partial charge in [-0.05, 0) is 37.4 Å². The zero-order chi connectivity index (χ0) is 16.4. The van der Waals surface area contributed by atoms with Gasteiger partial charge in [-0.25, -0.2) is 13.4 Å². The number of nitrogens with zero attached hydrogens (tertiary/aromatic N) is 2. The topological polar surface area (TPSA) is 50.3 Å². The summed E-state index contributed by atoms with van der Waals surface area (Å²) in [7, 11) is -2.91. The van der Waals surface area contributed by atoms with Crippen molar-refractivity contribution < 1.29 is 8.42 Å². The van der Waals surface area contributed by atoms with Crippen molar-refractivity contribution in [2.45, 2.75) is 19.4 Å². The fourth-order valence-corrected chi connectivity index (χ4v) is 4.68. The number of hydrogen-bond acceptors (Lipinski definition) is 4. The van der Waals surface area contributed by atoms with E-state index in [1.54, 1.807) is 0 Å². The fourth-order valence-electron chi connectivity index (χ4n) is 3.33. The predicted molar refractivity (Wildman–Crippen MR) is 94.5 cm³/mol. The maximum atomic E-state index is 11.5. The molecule has 0 saturated carbocycles. The Morgan fingerprint density at radius 1 is 1.30 bits per heavy atom. The van der Waals surface area contributed by atoms with Crippen molar-refractivity contribution in [3.63, 3.8) is 0 Å². The molecule has 2 heterocycles. The largest absolute Gasteiger partial charge is 0.297 e. The van der Waals surface area contributed by atoms with Gasteiger partial charge in [-0.1, -0.05) is 29.8 Å². The average molecular weight is 353 g/mol. The number of aromatic nitrogens is 1. The Hall–Kier alpha value is -1.17. The summed E-state index contributed by atoms with van der Waals surface area (Å²) in [6.07, 6.45) is 3.34. The highest BCUT2D eigenvalue weighted by Gasteiger charge is 2.23. The highest BCUT2D eigenvalue weighted by Crippen LogP contribution is 2.23. The van der Waals surface area contributed by atoms with Gasteiger partial charge in [0.1, 0.15) is 9.84 Å². The lowest BCUT2D eigenvalue weighted by Crippen LogP contribution is -2.37. The number of para-hydroxylation sites is 1. The van der Waals surface area contributed by atoms with Gasteiger partial charge in [-0.3, -0.25) is 4.90 Å². The first-order valence-electron chi connectivity index (χ1n) is 7.85. The first-order valence-corrected chi connectivity index (χ1v) is 10.3. The molecule has 1 saturated heterocycles. The van der Waals surface area contributed by atoms with E-state index >= 15 is 0 Å². The molecule has 124 valence electrons. The molecule has 0 amide bonds. The second-order valence-corrected chi connectivity index (χ2v) is 9.04. The molecule has 1 aliphatic heterocycles. The van der Waals surface area contributed by atoms with Crippen molar-refractivity contribution in [3.05, 3.63) is 41.0 Å². The molecule has 1 aromatic heterocycles. The Kier molecular flexibility index (Phi) is 4.90. The summed E-state index contributed by atoms with van der Waals surface area (Å²) < 4.78 is 23.0. The van der Waals surface area contributed by atoms with E-state index in [9.17, 15) is 8.42 Å². The molecule has 6 heteroatoms. The monoisotopic (exact) mass is 352 g/mol. The average Bonchev–Trinajstić information content (AvgIpc) is 2.47. The first kappa shape index (κ1) is 16.7. The standard InChI is InChI=1S/C17H21ClN2O2S/c1-23(21,22)12-13-4-3-9-20(10-13)11-15-8-7-14-5-2-6-16(18)17(14)19-15/h2,5-8,13H,3-4,9-12H2,1H3/t13-/m0/s1. The summed E-state index contributed by atoms with van der Waals surface area (Å²) in [6.45, 7) is 2.54. The molecule has 0 radical (unpaired) electrons. The smallest absolute Gasteiger partial charge is 0.147 e. The summed E-state index contributed by atoms with van der Waals surface area (Å²) in [5.74, 6) is 0.503. The Bertz CT molecular complexity index is 807. The minimum absolute atomic E-state index is 0.225. The highest BCUT2D eigenvalue weighted by molar-refractivity contribution is 7.90. The quantitative estimate of drug-likeness (QED) is 0.848. The number of piperidine rings is 1. The summed E-state index contributed by atoms with van der Waals surface area (Å²) >= 11 is 6.22. The SMILES string of the molecule is CS(=O)(=O)C[C@H]1CCCN(Cc2ccc3cccc(Cl)c3n2)C1. The third-order valence-electron chi connectivity index (χ3n) is 4.26. The molecule has 23 heavy (non-hydrogen) atoms. The maximum absolute atomic E-state index is 11.5. The van der Waals surface area contributed by atoms with Crippen molar-refractivity contribution in [2.24, 2.45) is 5.92 Å². The molecule has 0 spiro atoms. The molecule has 0 aliphatic carbocycles.